The molecule has 1 unspecified atom stereocenters. The molecule has 10 N–H and O–H groups in total. The third-order valence-electron chi connectivity index (χ3n) is 37.1. The maximum absolute atomic E-state index is 12.8. The van der Waals surface area contributed by atoms with Gasteiger partial charge in [0, 0.05) is 88.7 Å². The molecule has 0 radical (unpaired) electrons. The highest BCUT2D eigenvalue weighted by molar-refractivity contribution is 5.95. The Labute approximate surface area is 773 Å². The van der Waals surface area contributed by atoms with Crippen LogP contribution in [0.5, 0.6) is 0 Å². The Morgan fingerprint density at radius 2 is 0.854 bits per heavy atom. The van der Waals surface area contributed by atoms with Crippen LogP contribution >= 0.6 is 0 Å². The molecular formula is C103H146O20. The van der Waals surface area contributed by atoms with Crippen molar-refractivity contribution < 1.29 is 143 Å². The molecule has 0 aliphatic heterocycles. The molecule has 0 heterocycles. The molecule has 123 heavy (non-hydrogen) atoms. The quantitative estimate of drug-likeness (QED) is 0.0959. The SMILES string of the molecule is [2H]C1([2H])[C@]([2H])(O)[C@@]2([2H])[C@@H](CCC3=CC(=O)CC[C@@]32C)[C@@H]2CC[C@](O)(C(=O)CO)[C@]21C.[2H]C1=C2C([2H])([2H])C[C@@H]3[C@H](CC[C@@]4(C)[C@H]3CC[C@]4(O)C(=O)C([2H])([2H])O)[C@@]2(C)CC([2H])([2H])C1=O.[2H]C1=C2C([2H])([2H])C[C@@H]3[C@H](CC[C@]4(C)C(O)CC[C@@H]34)[C@@]2(C)CC([2H])([2H])C1=O.[2H]C1=C2C([2H])([2H])C[C@@H]3[C@H]([C@@H](O)C[C@@]4(C)[C@H]3CC[C@]4([2H])C(=O)C([2H])([2H])O)[C@@]2(C)CC([2H])([2H])C1=O.[2H]C1=C2C([2H])([2H])C[C@@H]3[C@H]([C@@H](O)C[C@@]4(C=O)[C@H]3CC[C@]4([2H])C(=O)C([2H])([2H])O)[C@@]2(C)CC([2H])([2H])C1=O. The van der Waals surface area contributed by atoms with E-state index in [4.69, 9.17) is 42.5 Å². The van der Waals surface area contributed by atoms with Crippen LogP contribution in [-0.4, -0.2) is 171 Å². The summed E-state index contributed by atoms with van der Waals surface area (Å²) in [5.74, 6) is -21.5. The first-order valence-corrected chi connectivity index (χ1v) is 44.8. The van der Waals surface area contributed by atoms with E-state index in [2.05, 4.69) is 6.92 Å². The van der Waals surface area contributed by atoms with Crippen LogP contribution in [0.4, 0.5) is 0 Å². The Hall–Kier alpha value is -5.00. The van der Waals surface area contributed by atoms with Gasteiger partial charge in [-0.05, 0) is 362 Å². The zero-order chi connectivity index (χ0) is 117. The number of rotatable bonds is 9. The molecule has 20 aliphatic rings. The fourth-order valence-corrected chi connectivity index (χ4v) is 30.5. The number of allylic oxidation sites excluding steroid dienone is 5. The summed E-state index contributed by atoms with van der Waals surface area (Å²) in [5, 5.41) is 106. The van der Waals surface area contributed by atoms with Crippen LogP contribution in [0.2, 0.25) is 0 Å². The number of aliphatic hydroxyl groups excluding tert-OH is 4. The van der Waals surface area contributed by atoms with Crippen molar-refractivity contribution in [1.29, 1.82) is 0 Å². The number of Topliss-reactive ketones (excluding diaryl/α,β-unsaturated/α-hetero) is 4. The second-order valence-electron chi connectivity index (χ2n) is 42.0. The Morgan fingerprint density at radius 1 is 0.415 bits per heavy atom. The van der Waals surface area contributed by atoms with Crippen molar-refractivity contribution in [1.82, 2.24) is 0 Å². The van der Waals surface area contributed by atoms with E-state index in [1.165, 1.54) is 19.9 Å². The molecule has 33 atom stereocenters. The van der Waals surface area contributed by atoms with Crippen molar-refractivity contribution in [3.8, 4) is 0 Å². The minimum absolute atomic E-state index is 0.0161. The predicted octanol–water partition coefficient (Wildman–Crippen LogP) is 13.0. The van der Waals surface area contributed by atoms with E-state index >= 15 is 0 Å². The standard InChI is InChI=1S/C21H30O5.C21H28O5.2C21H30O4.C19H28O2/c1-19-7-5-13(23)9-12(19)3-4-14-15-6-8-21(26,17(25)11-22)20(15,2)10-16(24)18(14)19;1-20-7-6-13(24)8-12(20)2-3-14-15-4-5-16(18(26)10-22)21(15,11-23)9-17(25)19(14)20;1-19-8-5-14(23)11-13(19)3-4-15-16(19)6-9-20(2)17(15)7-10-21(20,25)18(24)12-22;1-20-8-7-13(23)9-12(20)3-4-14-15-5-6-16(18(25)11-22)21(15,2)10-17(24)19(14)20;1-18-9-7-13(20)11-12(18)3-4-14-15-5-6-17(21)19(15,2)10-8-16(14)18/h9,14-16,18,22,24,26H,3-8,10-11H2,1-2H3;8,11,14-17,19,22,25H,2-7,9-10H2,1H3;11,15-17,22,25H,3-10,12H2,1-2H3;9,14-17,19,22,24H,3-8,10-11H2,1-2H3;11,14-17,21H,3-10H2,1-2H3/t14-,15-,16-,18+,19-,20-,21-;14-,15-,16+,17-,19+,20-,21+;15-,16+,17+,19+,20+,21+;14-,15-,16+,17-,19+,20-,21-;14-,15-,16-,17?,18-,19-/m00100/s1/i10D2,16D,18D;2D2,6D2,8D,10D2,16D;3D2,5D2,11D,12D2;3D2,7D2,9D,11D2,16D;3D2,7D2,11D. The van der Waals surface area contributed by atoms with Crippen LogP contribution in [0.3, 0.4) is 0 Å². The van der Waals surface area contributed by atoms with E-state index < -0.39 is 310 Å². The smallest absolute Gasteiger partial charge is 0.190 e. The molecule has 0 aromatic heterocycles. The molecule has 678 valence electrons. The van der Waals surface area contributed by atoms with Crippen LogP contribution in [-0.2, 0) is 47.9 Å². The Bertz CT molecular complexity index is 6100. The number of fused-ring (bicyclic) bond motifs is 25. The molecule has 20 aliphatic carbocycles. The molecule has 0 spiro atoms. The lowest BCUT2D eigenvalue weighted by atomic mass is 9.45. The monoisotopic (exact) mass is 1740 g/mol. The van der Waals surface area contributed by atoms with Crippen molar-refractivity contribution in [2.75, 3.05) is 26.3 Å². The largest absolute Gasteiger partial charge is 0.393 e. The number of carbonyl (C=O) groups excluding carboxylic acids is 10. The highest BCUT2D eigenvalue weighted by atomic mass is 16.3. The second-order valence-corrected chi connectivity index (χ2v) is 42.0. The third kappa shape index (κ3) is 14.0. The lowest BCUT2D eigenvalue weighted by Gasteiger charge is -2.60. The van der Waals surface area contributed by atoms with Gasteiger partial charge in [0.25, 0.3) is 0 Å². The zero-order valence-corrected chi connectivity index (χ0v) is 72.0. The molecule has 15 fully saturated rings. The summed E-state index contributed by atoms with van der Waals surface area (Å²) < 4.78 is 267. The van der Waals surface area contributed by atoms with Crippen molar-refractivity contribution in [2.24, 2.45) is 155 Å². The minimum Gasteiger partial charge on any atom is -0.393 e. The zero-order valence-electron chi connectivity index (χ0n) is 104. The summed E-state index contributed by atoms with van der Waals surface area (Å²) in [6.45, 7) is 4.54. The molecule has 15 saturated carbocycles. The number of hydrogen-bond acceptors (Lipinski definition) is 20. The number of aliphatic hydroxyl groups is 10. The maximum Gasteiger partial charge on any atom is 0.190 e. The topological polar surface area (TPSA) is 373 Å². The predicted molar refractivity (Wildman–Crippen MR) is 459 cm³/mol. The van der Waals surface area contributed by atoms with Gasteiger partial charge >= 0.3 is 0 Å². The van der Waals surface area contributed by atoms with E-state index in [0.29, 0.717) is 50.4 Å². The van der Waals surface area contributed by atoms with Crippen molar-refractivity contribution in [3.05, 3.63) is 58.1 Å². The van der Waals surface area contributed by atoms with E-state index in [9.17, 15) is 100 Å². The van der Waals surface area contributed by atoms with Crippen molar-refractivity contribution in [2.45, 2.75) is 335 Å². The molecule has 20 rings (SSSR count). The van der Waals surface area contributed by atoms with E-state index in [0.717, 1.165) is 25.7 Å². The Balaban J connectivity index is 0.000000137. The van der Waals surface area contributed by atoms with Gasteiger partial charge < -0.3 is 55.9 Å². The van der Waals surface area contributed by atoms with Crippen LogP contribution in [0.25, 0.3) is 0 Å². The average Bonchev–Trinajstić information content (AvgIpc) is 1.54. The van der Waals surface area contributed by atoms with E-state index in [-0.39, 0.29) is 178 Å². The van der Waals surface area contributed by atoms with Gasteiger partial charge in [-0.3, -0.25) is 43.2 Å². The fraction of sp³-hybridized carbons (Fsp3) is 0.806. The highest BCUT2D eigenvalue weighted by Crippen LogP contribution is 2.74. The number of hydrogen-bond donors (Lipinski definition) is 10. The summed E-state index contributed by atoms with van der Waals surface area (Å²) in [4.78, 5) is 125. The van der Waals surface area contributed by atoms with Gasteiger partial charge in [0.05, 0.1) is 39.5 Å². The van der Waals surface area contributed by atoms with Crippen LogP contribution in [0.15, 0.2) is 58.1 Å². The summed E-state index contributed by atoms with van der Waals surface area (Å²) in [6, 6.07) is -2.44. The van der Waals surface area contributed by atoms with E-state index in [1.54, 1.807) is 34.6 Å². The number of carbonyl (C=O) groups is 10. The third-order valence-corrected chi connectivity index (χ3v) is 37.1. The van der Waals surface area contributed by atoms with Crippen molar-refractivity contribution in [3.63, 3.8) is 0 Å². The van der Waals surface area contributed by atoms with Gasteiger partial charge in [0.1, 0.15) is 43.8 Å². The molecule has 0 saturated heterocycles. The molecule has 0 amide bonds. The first kappa shape index (κ1) is 59.3. The Kier molecular flexibility index (Phi) is 15.8. The minimum atomic E-state index is -3.38. The molecular weight excluding hydrogens is 1560 g/mol. The molecule has 0 aromatic rings. The summed E-state index contributed by atoms with van der Waals surface area (Å²) in [6.07, 6.45) is -20.3. The van der Waals surface area contributed by atoms with Crippen LogP contribution in [0.1, 0.15) is 343 Å². The van der Waals surface area contributed by atoms with Gasteiger partial charge in [-0.1, -0.05) is 90.2 Å². The van der Waals surface area contributed by atoms with Gasteiger partial charge in [-0.25, -0.2) is 0 Å². The summed E-state index contributed by atoms with van der Waals surface area (Å²) >= 11 is 0. The Morgan fingerprint density at radius 3 is 1.38 bits per heavy atom. The van der Waals surface area contributed by atoms with Gasteiger partial charge in [-0.15, -0.1) is 0 Å². The number of aldehydes is 1. The van der Waals surface area contributed by atoms with Gasteiger partial charge in [0.2, 0.25) is 0 Å². The van der Waals surface area contributed by atoms with Gasteiger partial charge in [0.15, 0.2) is 52.0 Å². The second kappa shape index (κ2) is 32.8. The normalized spacial score (nSPS) is 60.2. The lowest BCUT2D eigenvalue weighted by Crippen LogP contribution is -2.62. The van der Waals surface area contributed by atoms with Crippen molar-refractivity contribution >= 4 is 58.3 Å². The average molecular weight is 1740 g/mol. The highest BCUT2D eigenvalue weighted by Gasteiger charge is 2.72. The summed E-state index contributed by atoms with van der Waals surface area (Å²) in [5.41, 5.74) is -15.5. The van der Waals surface area contributed by atoms with Crippen LogP contribution < -0.4 is 0 Å². The molecule has 0 bridgehead atoms. The fourth-order valence-electron chi connectivity index (χ4n) is 30.5. The first-order chi connectivity index (χ1) is 69.9. The van der Waals surface area contributed by atoms with E-state index in [1.807, 2.05) is 6.92 Å². The maximum atomic E-state index is 12.8. The lowest BCUT2D eigenvalue weighted by molar-refractivity contribution is -0.182. The first-order valence-electron chi connectivity index (χ1n) is 60.8. The number of ketones is 9. The molecule has 20 nitrogen and oxygen atoms in total. The summed E-state index contributed by atoms with van der Waals surface area (Å²) in [7, 11) is 0. The van der Waals surface area contributed by atoms with Gasteiger partial charge in [-0.2, -0.15) is 0 Å². The molecule has 0 aromatic carbocycles. The molecule has 20 heteroatoms. The van der Waals surface area contributed by atoms with Crippen LogP contribution in [0, 0.1) is 155 Å².